The molecule has 0 fully saturated rings. The van der Waals surface area contributed by atoms with Crippen molar-refractivity contribution in [1.82, 2.24) is 5.32 Å². The molecule has 0 spiro atoms. The van der Waals surface area contributed by atoms with E-state index in [1.54, 1.807) is 14.0 Å². The van der Waals surface area contributed by atoms with E-state index in [9.17, 15) is 0 Å². The molecule has 0 unspecified atom stereocenters. The fraction of sp³-hybridized carbons (Fsp3) is 0.500. The van der Waals surface area contributed by atoms with Gasteiger partial charge in [0.2, 0.25) is 0 Å². The third-order valence-corrected chi connectivity index (χ3v) is 1.11. The standard InChI is InChI=1S/C6H10N2/c1-5(4-7)6(2)8-3/h8H,1-3H3/b6-5+. The summed E-state index contributed by atoms with van der Waals surface area (Å²) in [6, 6.07) is 2.03. The Kier molecular flexibility index (Phi) is 2.71. The summed E-state index contributed by atoms with van der Waals surface area (Å²) in [7, 11) is 1.80. The summed E-state index contributed by atoms with van der Waals surface area (Å²) in [5, 5.41) is 11.2. The van der Waals surface area contributed by atoms with Gasteiger partial charge in [-0.1, -0.05) is 0 Å². The first-order chi connectivity index (χ1) is 3.72. The van der Waals surface area contributed by atoms with E-state index in [1.165, 1.54) is 0 Å². The molecule has 0 amide bonds. The molecule has 0 aliphatic rings. The summed E-state index contributed by atoms with van der Waals surface area (Å²) in [6.45, 7) is 3.66. The number of nitrogens with one attached hydrogen (secondary N) is 1. The molecular formula is C6H10N2. The largest absolute Gasteiger partial charge is 0.391 e. The Balaban J connectivity index is 4.10. The van der Waals surface area contributed by atoms with Crippen molar-refractivity contribution in [1.29, 1.82) is 5.26 Å². The maximum atomic E-state index is 8.29. The van der Waals surface area contributed by atoms with Crippen molar-refractivity contribution in [2.24, 2.45) is 0 Å². The van der Waals surface area contributed by atoms with E-state index in [0.29, 0.717) is 0 Å². The first kappa shape index (κ1) is 7.03. The van der Waals surface area contributed by atoms with E-state index in [0.717, 1.165) is 11.3 Å². The summed E-state index contributed by atoms with van der Waals surface area (Å²) >= 11 is 0. The molecule has 0 bridgehead atoms. The normalized spacial score (nSPS) is 11.8. The van der Waals surface area contributed by atoms with Crippen molar-refractivity contribution in [3.8, 4) is 6.07 Å². The molecule has 0 heterocycles. The highest BCUT2D eigenvalue weighted by atomic mass is 14.8. The van der Waals surface area contributed by atoms with Gasteiger partial charge in [0, 0.05) is 18.3 Å². The third-order valence-electron chi connectivity index (χ3n) is 1.11. The second kappa shape index (κ2) is 3.09. The molecular weight excluding hydrogens is 100 g/mol. The van der Waals surface area contributed by atoms with Gasteiger partial charge in [-0.3, -0.25) is 0 Å². The summed E-state index contributed by atoms with van der Waals surface area (Å²) in [6.07, 6.45) is 0. The zero-order valence-corrected chi connectivity index (χ0v) is 5.45. The lowest BCUT2D eigenvalue weighted by Crippen LogP contribution is -2.03. The molecule has 0 rings (SSSR count). The van der Waals surface area contributed by atoms with Crippen molar-refractivity contribution >= 4 is 0 Å². The minimum Gasteiger partial charge on any atom is -0.391 e. The lowest BCUT2D eigenvalue weighted by atomic mass is 10.3. The van der Waals surface area contributed by atoms with Crippen LogP contribution in [-0.2, 0) is 0 Å². The van der Waals surface area contributed by atoms with Crippen molar-refractivity contribution in [2.75, 3.05) is 7.05 Å². The first-order valence-corrected chi connectivity index (χ1v) is 2.47. The predicted molar refractivity (Wildman–Crippen MR) is 33.0 cm³/mol. The topological polar surface area (TPSA) is 35.8 Å². The molecule has 0 aliphatic heterocycles. The van der Waals surface area contributed by atoms with Crippen LogP contribution in [-0.4, -0.2) is 7.05 Å². The number of hydrogen-bond acceptors (Lipinski definition) is 2. The van der Waals surface area contributed by atoms with Crippen LogP contribution in [0.3, 0.4) is 0 Å². The molecule has 0 saturated carbocycles. The number of nitrogens with zero attached hydrogens (tertiary/aromatic N) is 1. The van der Waals surface area contributed by atoms with Gasteiger partial charge in [0.25, 0.3) is 0 Å². The van der Waals surface area contributed by atoms with Gasteiger partial charge in [-0.05, 0) is 13.8 Å². The van der Waals surface area contributed by atoms with Gasteiger partial charge < -0.3 is 5.32 Å². The zero-order chi connectivity index (χ0) is 6.57. The van der Waals surface area contributed by atoms with E-state index in [2.05, 4.69) is 5.32 Å². The summed E-state index contributed by atoms with van der Waals surface area (Å²) in [5.41, 5.74) is 1.68. The highest BCUT2D eigenvalue weighted by Gasteiger charge is 1.87. The van der Waals surface area contributed by atoms with E-state index >= 15 is 0 Å². The van der Waals surface area contributed by atoms with Gasteiger partial charge in [0.1, 0.15) is 0 Å². The van der Waals surface area contributed by atoms with E-state index in [1.807, 2.05) is 13.0 Å². The van der Waals surface area contributed by atoms with Crippen LogP contribution in [0.15, 0.2) is 11.3 Å². The third kappa shape index (κ3) is 1.65. The Morgan fingerprint density at radius 3 is 2.12 bits per heavy atom. The lowest BCUT2D eigenvalue weighted by molar-refractivity contribution is 0.970. The second-order valence-corrected chi connectivity index (χ2v) is 1.61. The molecule has 0 aromatic heterocycles. The second-order valence-electron chi connectivity index (χ2n) is 1.61. The molecule has 44 valence electrons. The van der Waals surface area contributed by atoms with Crippen molar-refractivity contribution < 1.29 is 0 Å². The Hall–Kier alpha value is -0.970. The molecule has 1 N–H and O–H groups in total. The molecule has 0 aliphatic carbocycles. The first-order valence-electron chi connectivity index (χ1n) is 2.47. The van der Waals surface area contributed by atoms with Crippen LogP contribution in [0.1, 0.15) is 13.8 Å². The van der Waals surface area contributed by atoms with Crippen LogP contribution >= 0.6 is 0 Å². The quantitative estimate of drug-likeness (QED) is 0.511. The maximum Gasteiger partial charge on any atom is 0.0962 e. The number of rotatable bonds is 1. The van der Waals surface area contributed by atoms with Gasteiger partial charge in [0.05, 0.1) is 6.07 Å². The summed E-state index contributed by atoms with van der Waals surface area (Å²) < 4.78 is 0. The molecule has 8 heavy (non-hydrogen) atoms. The average Bonchev–Trinajstić information content (AvgIpc) is 1.84. The van der Waals surface area contributed by atoms with Gasteiger partial charge >= 0.3 is 0 Å². The average molecular weight is 110 g/mol. The maximum absolute atomic E-state index is 8.29. The molecule has 2 nitrogen and oxygen atoms in total. The SMILES string of the molecule is CN/C(C)=C(\C)C#N. The van der Waals surface area contributed by atoms with E-state index < -0.39 is 0 Å². The summed E-state index contributed by atoms with van der Waals surface area (Å²) in [5.74, 6) is 0. The molecule has 0 radical (unpaired) electrons. The zero-order valence-electron chi connectivity index (χ0n) is 5.45. The van der Waals surface area contributed by atoms with Crippen molar-refractivity contribution in [2.45, 2.75) is 13.8 Å². The van der Waals surface area contributed by atoms with Crippen LogP contribution in [0.25, 0.3) is 0 Å². The fourth-order valence-electron chi connectivity index (χ4n) is 0.271. The van der Waals surface area contributed by atoms with E-state index in [-0.39, 0.29) is 0 Å². The van der Waals surface area contributed by atoms with Crippen LogP contribution in [0, 0.1) is 11.3 Å². The molecule has 0 saturated heterocycles. The van der Waals surface area contributed by atoms with Gasteiger partial charge in [-0.25, -0.2) is 0 Å². The van der Waals surface area contributed by atoms with Gasteiger partial charge in [-0.2, -0.15) is 5.26 Å². The minimum atomic E-state index is 0.743. The Bertz CT molecular complexity index is 139. The van der Waals surface area contributed by atoms with Crippen molar-refractivity contribution in [3.05, 3.63) is 11.3 Å². The highest BCUT2D eigenvalue weighted by Crippen LogP contribution is 1.94. The number of hydrogen-bond donors (Lipinski definition) is 1. The van der Waals surface area contributed by atoms with Gasteiger partial charge in [0.15, 0.2) is 0 Å². The lowest BCUT2D eigenvalue weighted by Gasteiger charge is -1.96. The smallest absolute Gasteiger partial charge is 0.0962 e. The van der Waals surface area contributed by atoms with Crippen LogP contribution in [0.4, 0.5) is 0 Å². The highest BCUT2D eigenvalue weighted by molar-refractivity contribution is 5.22. The number of nitriles is 1. The molecule has 0 aromatic carbocycles. The van der Waals surface area contributed by atoms with Crippen LogP contribution in [0.5, 0.6) is 0 Å². The van der Waals surface area contributed by atoms with Gasteiger partial charge in [-0.15, -0.1) is 0 Å². The van der Waals surface area contributed by atoms with Crippen molar-refractivity contribution in [3.63, 3.8) is 0 Å². The minimum absolute atomic E-state index is 0.743. The summed E-state index contributed by atoms with van der Waals surface area (Å²) in [4.78, 5) is 0. The number of allylic oxidation sites excluding steroid dienone is 2. The Morgan fingerprint density at radius 1 is 1.50 bits per heavy atom. The molecule has 0 atom stereocenters. The molecule has 0 aromatic rings. The molecule has 2 heteroatoms. The van der Waals surface area contributed by atoms with E-state index in [4.69, 9.17) is 5.26 Å². The van der Waals surface area contributed by atoms with Crippen LogP contribution < -0.4 is 5.32 Å². The monoisotopic (exact) mass is 110 g/mol. The van der Waals surface area contributed by atoms with Crippen LogP contribution in [0.2, 0.25) is 0 Å². The Labute approximate surface area is 49.8 Å². The predicted octanol–water partition coefficient (Wildman–Crippen LogP) is 1.02. The Morgan fingerprint density at radius 2 is 2.00 bits per heavy atom. The fourth-order valence-corrected chi connectivity index (χ4v) is 0.271.